The molecule has 1 aromatic carbocycles. The van der Waals surface area contributed by atoms with Gasteiger partial charge in [0.1, 0.15) is 0 Å². The zero-order chi connectivity index (χ0) is 16.2. The molecule has 0 atom stereocenters. The summed E-state index contributed by atoms with van der Waals surface area (Å²) in [4.78, 5) is 15.6. The zero-order valence-electron chi connectivity index (χ0n) is 14.0. The van der Waals surface area contributed by atoms with E-state index < -0.39 is 0 Å². The molecule has 0 aromatic heterocycles. The lowest BCUT2D eigenvalue weighted by Crippen LogP contribution is -2.50. The van der Waals surface area contributed by atoms with Gasteiger partial charge in [0.15, 0.2) is 0 Å². The molecule has 23 heavy (non-hydrogen) atoms. The van der Waals surface area contributed by atoms with Crippen molar-refractivity contribution in [2.45, 2.75) is 45.2 Å². The van der Waals surface area contributed by atoms with Crippen LogP contribution in [0.3, 0.4) is 0 Å². The van der Waals surface area contributed by atoms with Crippen molar-refractivity contribution in [3.63, 3.8) is 0 Å². The molecular formula is C18H27N3O2. The van der Waals surface area contributed by atoms with Crippen LogP contribution in [-0.2, 0) is 6.54 Å². The predicted molar refractivity (Wildman–Crippen MR) is 91.4 cm³/mol. The molecule has 5 heteroatoms. The average molecular weight is 317 g/mol. The fraction of sp³-hybridized carbons (Fsp3) is 0.667. The number of nitro benzene ring substituents is 1. The Balaban J connectivity index is 1.49. The van der Waals surface area contributed by atoms with Gasteiger partial charge in [-0.2, -0.15) is 0 Å². The molecule has 0 spiro atoms. The minimum absolute atomic E-state index is 0.192. The number of hydrogen-bond acceptors (Lipinski definition) is 4. The largest absolute Gasteiger partial charge is 0.298 e. The summed E-state index contributed by atoms with van der Waals surface area (Å²) >= 11 is 0. The van der Waals surface area contributed by atoms with E-state index in [9.17, 15) is 10.1 Å². The van der Waals surface area contributed by atoms with Crippen molar-refractivity contribution in [2.75, 3.05) is 26.2 Å². The number of benzene rings is 1. The van der Waals surface area contributed by atoms with Crippen molar-refractivity contribution in [2.24, 2.45) is 5.92 Å². The molecule has 0 radical (unpaired) electrons. The third-order valence-electron chi connectivity index (χ3n) is 5.44. The van der Waals surface area contributed by atoms with Gasteiger partial charge in [-0.15, -0.1) is 0 Å². The zero-order valence-corrected chi connectivity index (χ0v) is 14.0. The number of hydrogen-bond donors (Lipinski definition) is 0. The second-order valence-electron chi connectivity index (χ2n) is 7.15. The molecular weight excluding hydrogens is 290 g/mol. The lowest BCUT2D eigenvalue weighted by Gasteiger charge is -2.41. The Hall–Kier alpha value is -1.46. The maximum atomic E-state index is 10.9. The number of rotatable bonds is 4. The second-order valence-corrected chi connectivity index (χ2v) is 7.15. The molecule has 0 N–H and O–H groups in total. The number of nitrogens with zero attached hydrogens (tertiary/aromatic N) is 3. The standard InChI is InChI=1S/C18H27N3O2/c1-15-5-7-17(8-6-15)20-11-9-19(10-12-20)14-16-3-2-4-18(13-16)21(22)23/h2-4,13,15,17H,5-12,14H2,1H3. The molecule has 0 bridgehead atoms. The van der Waals surface area contributed by atoms with Gasteiger partial charge >= 0.3 is 0 Å². The van der Waals surface area contributed by atoms with Gasteiger partial charge in [-0.1, -0.05) is 19.1 Å². The third kappa shape index (κ3) is 4.30. The van der Waals surface area contributed by atoms with Crippen LogP contribution in [-0.4, -0.2) is 46.9 Å². The van der Waals surface area contributed by atoms with Crippen LogP contribution in [0.5, 0.6) is 0 Å². The first kappa shape index (κ1) is 16.4. The lowest BCUT2D eigenvalue weighted by atomic mass is 9.86. The van der Waals surface area contributed by atoms with Crippen LogP contribution >= 0.6 is 0 Å². The first-order chi connectivity index (χ1) is 11.1. The first-order valence-corrected chi connectivity index (χ1v) is 8.81. The van der Waals surface area contributed by atoms with Crippen LogP contribution in [0, 0.1) is 16.0 Å². The number of non-ortho nitro benzene ring substituents is 1. The van der Waals surface area contributed by atoms with Gasteiger partial charge < -0.3 is 0 Å². The van der Waals surface area contributed by atoms with Gasteiger partial charge in [0.25, 0.3) is 5.69 Å². The quantitative estimate of drug-likeness (QED) is 0.631. The molecule has 1 aliphatic heterocycles. The van der Waals surface area contributed by atoms with Crippen molar-refractivity contribution >= 4 is 5.69 Å². The summed E-state index contributed by atoms with van der Waals surface area (Å²) < 4.78 is 0. The van der Waals surface area contributed by atoms with Crippen molar-refractivity contribution in [1.29, 1.82) is 0 Å². The van der Waals surface area contributed by atoms with Gasteiger partial charge in [0.2, 0.25) is 0 Å². The summed E-state index contributed by atoms with van der Waals surface area (Å²) in [5.74, 6) is 0.904. The highest BCUT2D eigenvalue weighted by atomic mass is 16.6. The van der Waals surface area contributed by atoms with Crippen LogP contribution in [0.25, 0.3) is 0 Å². The normalized spacial score (nSPS) is 27.0. The average Bonchev–Trinajstić information content (AvgIpc) is 2.57. The van der Waals surface area contributed by atoms with E-state index in [4.69, 9.17) is 0 Å². The third-order valence-corrected chi connectivity index (χ3v) is 5.44. The van der Waals surface area contributed by atoms with Gasteiger partial charge in [-0.3, -0.25) is 19.9 Å². The summed E-state index contributed by atoms with van der Waals surface area (Å²) in [6, 6.07) is 7.82. The minimum Gasteiger partial charge on any atom is -0.298 e. The highest BCUT2D eigenvalue weighted by Crippen LogP contribution is 2.27. The maximum absolute atomic E-state index is 10.9. The Morgan fingerprint density at radius 3 is 2.48 bits per heavy atom. The van der Waals surface area contributed by atoms with Crippen molar-refractivity contribution in [1.82, 2.24) is 9.80 Å². The number of nitro groups is 1. The monoisotopic (exact) mass is 317 g/mol. The Labute approximate surface area is 138 Å². The van der Waals surface area contributed by atoms with Crippen LogP contribution in [0.15, 0.2) is 24.3 Å². The van der Waals surface area contributed by atoms with Gasteiger partial charge in [-0.25, -0.2) is 0 Å². The molecule has 126 valence electrons. The molecule has 5 nitrogen and oxygen atoms in total. The fourth-order valence-corrected chi connectivity index (χ4v) is 3.92. The van der Waals surface area contributed by atoms with E-state index in [1.54, 1.807) is 18.2 Å². The summed E-state index contributed by atoms with van der Waals surface area (Å²) in [7, 11) is 0. The Bertz CT molecular complexity index is 533. The van der Waals surface area contributed by atoms with E-state index in [1.807, 2.05) is 6.07 Å². The van der Waals surface area contributed by atoms with Gasteiger partial charge in [0, 0.05) is 50.9 Å². The van der Waals surface area contributed by atoms with Crippen molar-refractivity contribution < 1.29 is 4.92 Å². The maximum Gasteiger partial charge on any atom is 0.269 e. The Morgan fingerprint density at radius 2 is 1.83 bits per heavy atom. The Kier molecular flexibility index (Phi) is 5.28. The van der Waals surface area contributed by atoms with Crippen molar-refractivity contribution in [3.05, 3.63) is 39.9 Å². The number of piperazine rings is 1. The van der Waals surface area contributed by atoms with Crippen LogP contribution in [0.1, 0.15) is 38.2 Å². The van der Waals surface area contributed by atoms with Crippen LogP contribution in [0.2, 0.25) is 0 Å². The van der Waals surface area contributed by atoms with Crippen LogP contribution in [0.4, 0.5) is 5.69 Å². The summed E-state index contributed by atoms with van der Waals surface area (Å²) in [5.41, 5.74) is 1.23. The summed E-state index contributed by atoms with van der Waals surface area (Å²) in [6.45, 7) is 7.58. The smallest absolute Gasteiger partial charge is 0.269 e. The molecule has 0 unspecified atom stereocenters. The second kappa shape index (κ2) is 7.41. The van der Waals surface area contributed by atoms with E-state index in [0.717, 1.165) is 50.2 Å². The molecule has 0 amide bonds. The molecule has 1 saturated heterocycles. The summed E-state index contributed by atoms with van der Waals surface area (Å²) in [6.07, 6.45) is 5.45. The molecule has 3 rings (SSSR count). The topological polar surface area (TPSA) is 49.6 Å². The van der Waals surface area contributed by atoms with E-state index in [1.165, 1.54) is 25.7 Å². The molecule has 1 aliphatic carbocycles. The lowest BCUT2D eigenvalue weighted by molar-refractivity contribution is -0.384. The molecule has 1 aromatic rings. The minimum atomic E-state index is -0.314. The predicted octanol–water partition coefficient (Wildman–Crippen LogP) is 3.29. The van der Waals surface area contributed by atoms with E-state index in [0.29, 0.717) is 0 Å². The molecule has 1 saturated carbocycles. The van der Waals surface area contributed by atoms with Gasteiger partial charge in [-0.05, 0) is 37.2 Å². The molecule has 2 fully saturated rings. The first-order valence-electron chi connectivity index (χ1n) is 8.81. The Morgan fingerprint density at radius 1 is 1.13 bits per heavy atom. The fourth-order valence-electron chi connectivity index (χ4n) is 3.92. The molecule has 1 heterocycles. The van der Waals surface area contributed by atoms with Crippen LogP contribution < -0.4 is 0 Å². The highest BCUT2D eigenvalue weighted by Gasteiger charge is 2.27. The van der Waals surface area contributed by atoms with E-state index in [-0.39, 0.29) is 10.6 Å². The SMILES string of the molecule is CC1CCC(N2CCN(Cc3cccc([N+](=O)[O-])c3)CC2)CC1. The van der Waals surface area contributed by atoms with Crippen molar-refractivity contribution in [3.8, 4) is 0 Å². The highest BCUT2D eigenvalue weighted by molar-refractivity contribution is 5.34. The summed E-state index contributed by atoms with van der Waals surface area (Å²) in [5, 5.41) is 10.9. The van der Waals surface area contributed by atoms with Gasteiger partial charge in [0.05, 0.1) is 4.92 Å². The van der Waals surface area contributed by atoms with E-state index in [2.05, 4.69) is 16.7 Å². The molecule has 2 aliphatic rings. The van der Waals surface area contributed by atoms with E-state index >= 15 is 0 Å².